The maximum atomic E-state index is 5.53. The summed E-state index contributed by atoms with van der Waals surface area (Å²) >= 11 is 1.94. The lowest BCUT2D eigenvalue weighted by Gasteiger charge is -2.23. The Labute approximate surface area is 92.1 Å². The largest absolute Gasteiger partial charge is 0.385 e. The van der Waals surface area contributed by atoms with E-state index in [1.54, 1.807) is 7.11 Å². The highest BCUT2D eigenvalue weighted by atomic mass is 32.2. The lowest BCUT2D eigenvalue weighted by Crippen LogP contribution is -2.42. The molecule has 0 spiro atoms. The van der Waals surface area contributed by atoms with E-state index >= 15 is 0 Å². The fourth-order valence-corrected chi connectivity index (χ4v) is 2.19. The number of hydrogen-bond donors (Lipinski definition) is 2. The first-order valence-electron chi connectivity index (χ1n) is 5.18. The third kappa shape index (κ3) is 6.65. The van der Waals surface area contributed by atoms with Crippen molar-refractivity contribution in [2.45, 2.75) is 38.5 Å². The highest BCUT2D eigenvalue weighted by molar-refractivity contribution is 7.99. The zero-order valence-corrected chi connectivity index (χ0v) is 10.6. The van der Waals surface area contributed by atoms with E-state index in [0.717, 1.165) is 18.8 Å². The van der Waals surface area contributed by atoms with Crippen molar-refractivity contribution in [1.29, 1.82) is 0 Å². The molecule has 0 aliphatic carbocycles. The van der Waals surface area contributed by atoms with Crippen LogP contribution in [0.15, 0.2) is 0 Å². The zero-order valence-electron chi connectivity index (χ0n) is 9.75. The molecule has 3 N–H and O–H groups in total. The third-order valence-corrected chi connectivity index (χ3v) is 3.51. The van der Waals surface area contributed by atoms with Gasteiger partial charge < -0.3 is 4.74 Å². The van der Waals surface area contributed by atoms with Gasteiger partial charge in [-0.2, -0.15) is 11.8 Å². The van der Waals surface area contributed by atoms with E-state index in [9.17, 15) is 0 Å². The van der Waals surface area contributed by atoms with Gasteiger partial charge in [0.2, 0.25) is 0 Å². The van der Waals surface area contributed by atoms with Crippen LogP contribution in [0.1, 0.15) is 27.2 Å². The van der Waals surface area contributed by atoms with Gasteiger partial charge in [0.15, 0.2) is 0 Å². The molecule has 0 bridgehead atoms. The molecule has 0 radical (unpaired) electrons. The summed E-state index contributed by atoms with van der Waals surface area (Å²) in [4.78, 5) is 0. The Morgan fingerprint density at radius 2 is 2.00 bits per heavy atom. The van der Waals surface area contributed by atoms with Crippen LogP contribution >= 0.6 is 11.8 Å². The number of methoxy groups -OCH3 is 1. The fourth-order valence-electron chi connectivity index (χ4n) is 1.18. The van der Waals surface area contributed by atoms with E-state index in [0.29, 0.717) is 17.2 Å². The van der Waals surface area contributed by atoms with Gasteiger partial charge in [-0.3, -0.25) is 11.3 Å². The highest BCUT2D eigenvalue weighted by Crippen LogP contribution is 2.16. The Hall–Kier alpha value is 0.230. The molecule has 0 amide bonds. The van der Waals surface area contributed by atoms with Gasteiger partial charge in [-0.05, 0) is 17.6 Å². The molecule has 2 unspecified atom stereocenters. The van der Waals surface area contributed by atoms with Crippen molar-refractivity contribution in [2.24, 2.45) is 11.8 Å². The van der Waals surface area contributed by atoms with Crippen molar-refractivity contribution in [3.05, 3.63) is 0 Å². The minimum absolute atomic E-state index is 0.387. The predicted molar refractivity (Wildman–Crippen MR) is 64.4 cm³/mol. The van der Waals surface area contributed by atoms with Crippen LogP contribution in [0.4, 0.5) is 0 Å². The van der Waals surface area contributed by atoms with Gasteiger partial charge in [0.05, 0.1) is 0 Å². The van der Waals surface area contributed by atoms with Crippen LogP contribution in [-0.4, -0.2) is 30.8 Å². The average Bonchev–Trinajstić information content (AvgIpc) is 2.15. The van der Waals surface area contributed by atoms with Crippen LogP contribution in [0, 0.1) is 5.92 Å². The van der Waals surface area contributed by atoms with E-state index < -0.39 is 0 Å². The molecule has 0 aliphatic heterocycles. The molecule has 0 rings (SSSR count). The van der Waals surface area contributed by atoms with Crippen LogP contribution in [-0.2, 0) is 4.74 Å². The van der Waals surface area contributed by atoms with Gasteiger partial charge in [0.25, 0.3) is 0 Å². The molecule has 3 nitrogen and oxygen atoms in total. The molecule has 0 saturated heterocycles. The summed E-state index contributed by atoms with van der Waals surface area (Å²) in [7, 11) is 1.74. The second-order valence-corrected chi connectivity index (χ2v) is 5.52. The summed E-state index contributed by atoms with van der Waals surface area (Å²) in [5.74, 6) is 7.16. The highest BCUT2D eigenvalue weighted by Gasteiger charge is 2.15. The first-order chi connectivity index (χ1) is 6.61. The van der Waals surface area contributed by atoms with Crippen LogP contribution in [0.2, 0.25) is 0 Å². The number of hydrogen-bond acceptors (Lipinski definition) is 4. The number of nitrogens with two attached hydrogens (primary N) is 1. The molecule has 0 fully saturated rings. The topological polar surface area (TPSA) is 47.3 Å². The van der Waals surface area contributed by atoms with Crippen LogP contribution in [0.25, 0.3) is 0 Å². The van der Waals surface area contributed by atoms with E-state index in [2.05, 4.69) is 26.2 Å². The second kappa shape index (κ2) is 8.53. The SMILES string of the molecule is COCCC(C)C(CSC(C)C)NN. The number of rotatable bonds is 8. The minimum Gasteiger partial charge on any atom is -0.385 e. The summed E-state index contributed by atoms with van der Waals surface area (Å²) in [6.45, 7) is 7.44. The molecule has 0 aliphatic rings. The third-order valence-electron chi connectivity index (χ3n) is 2.29. The molecule has 0 aromatic heterocycles. The number of thioether (sulfide) groups is 1. The molecule has 0 heterocycles. The van der Waals surface area contributed by atoms with Gasteiger partial charge >= 0.3 is 0 Å². The molecule has 2 atom stereocenters. The Balaban J connectivity index is 3.74. The minimum atomic E-state index is 0.387. The van der Waals surface area contributed by atoms with Gasteiger partial charge in [-0.1, -0.05) is 20.8 Å². The first kappa shape index (κ1) is 14.2. The van der Waals surface area contributed by atoms with Crippen molar-refractivity contribution in [3.8, 4) is 0 Å². The van der Waals surface area contributed by atoms with Crippen molar-refractivity contribution < 1.29 is 4.74 Å². The van der Waals surface area contributed by atoms with E-state index in [-0.39, 0.29) is 0 Å². The summed E-state index contributed by atoms with van der Waals surface area (Å²) < 4.78 is 5.06. The van der Waals surface area contributed by atoms with Gasteiger partial charge in [-0.15, -0.1) is 0 Å². The Morgan fingerprint density at radius 3 is 2.43 bits per heavy atom. The van der Waals surface area contributed by atoms with E-state index in [1.807, 2.05) is 11.8 Å². The Morgan fingerprint density at radius 1 is 1.36 bits per heavy atom. The molecule has 4 heteroatoms. The standard InChI is InChI=1S/C10H24N2OS/c1-8(2)14-7-10(12-11)9(3)5-6-13-4/h8-10,12H,5-7,11H2,1-4H3. The van der Waals surface area contributed by atoms with Crippen molar-refractivity contribution in [1.82, 2.24) is 5.43 Å². The summed E-state index contributed by atoms with van der Waals surface area (Å²) in [5.41, 5.74) is 2.89. The molecule has 86 valence electrons. The first-order valence-corrected chi connectivity index (χ1v) is 6.23. The predicted octanol–water partition coefficient (Wildman–Crippen LogP) is 1.63. The second-order valence-electron chi connectivity index (χ2n) is 3.91. The summed E-state index contributed by atoms with van der Waals surface area (Å²) in [5, 5.41) is 0.667. The monoisotopic (exact) mass is 220 g/mol. The molecule has 0 aromatic rings. The maximum absolute atomic E-state index is 5.53. The molecule has 14 heavy (non-hydrogen) atoms. The molecular formula is C10H24N2OS. The number of ether oxygens (including phenoxy) is 1. The number of hydrazine groups is 1. The van der Waals surface area contributed by atoms with E-state index in [4.69, 9.17) is 10.6 Å². The molecular weight excluding hydrogens is 196 g/mol. The normalized spacial score (nSPS) is 15.9. The summed E-state index contributed by atoms with van der Waals surface area (Å²) in [6.07, 6.45) is 1.06. The fraction of sp³-hybridized carbons (Fsp3) is 1.00. The van der Waals surface area contributed by atoms with Gasteiger partial charge in [0, 0.05) is 25.5 Å². The van der Waals surface area contributed by atoms with Crippen LogP contribution in [0.5, 0.6) is 0 Å². The molecule has 0 aromatic carbocycles. The lowest BCUT2D eigenvalue weighted by molar-refractivity contribution is 0.172. The van der Waals surface area contributed by atoms with Crippen LogP contribution < -0.4 is 11.3 Å². The lowest BCUT2D eigenvalue weighted by atomic mass is 10.0. The maximum Gasteiger partial charge on any atom is 0.0465 e. The Bertz CT molecular complexity index is 133. The smallest absolute Gasteiger partial charge is 0.0465 e. The van der Waals surface area contributed by atoms with Crippen molar-refractivity contribution in [3.63, 3.8) is 0 Å². The quantitative estimate of drug-likeness (QED) is 0.482. The van der Waals surface area contributed by atoms with Crippen molar-refractivity contribution in [2.75, 3.05) is 19.5 Å². The van der Waals surface area contributed by atoms with Crippen LogP contribution in [0.3, 0.4) is 0 Å². The average molecular weight is 220 g/mol. The summed E-state index contributed by atoms with van der Waals surface area (Å²) in [6, 6.07) is 0.387. The number of nitrogens with one attached hydrogen (secondary N) is 1. The zero-order chi connectivity index (χ0) is 11.0. The van der Waals surface area contributed by atoms with Gasteiger partial charge in [0.1, 0.15) is 0 Å². The molecule has 0 saturated carbocycles. The van der Waals surface area contributed by atoms with Crippen molar-refractivity contribution >= 4 is 11.8 Å². The van der Waals surface area contributed by atoms with E-state index in [1.165, 1.54) is 0 Å². The Kier molecular flexibility index (Phi) is 8.67. The van der Waals surface area contributed by atoms with Gasteiger partial charge in [-0.25, -0.2) is 0 Å².